The molecule has 386 valence electrons. The normalized spacial score (nSPS) is 36.7. The SMILES string of the molecule is C/C(=C\c1csc(C)n1)C1C[C@@H]2O[C@@H]2CCCC(C)C(O)C(C)C(=O)C(C)(C)C(O)CC(=O)O1.C/C(=C\c1csc(C)n1)C1C[C@@H]2O[C@]2(C)CCCC(C)C(O)C(C)C(=O)C(C)(C)C(O)CC(=O)O1. The number of aromatic nitrogens is 2. The first kappa shape index (κ1) is 56.7. The number of aliphatic hydroxyl groups excluding tert-OH is 4. The molecule has 6 rings (SSSR count). The molecule has 4 aliphatic heterocycles. The lowest BCUT2D eigenvalue weighted by molar-refractivity contribution is -0.156. The highest BCUT2D eigenvalue weighted by atomic mass is 32.1. The molecule has 4 saturated heterocycles. The molecular formula is C53H80N2O12S2. The van der Waals surface area contributed by atoms with Gasteiger partial charge in [-0.25, -0.2) is 9.97 Å². The van der Waals surface area contributed by atoms with Crippen LogP contribution in [0.2, 0.25) is 0 Å². The number of rotatable bonds is 4. The van der Waals surface area contributed by atoms with E-state index in [2.05, 4.69) is 16.9 Å². The molecule has 4 aliphatic rings. The van der Waals surface area contributed by atoms with Crippen molar-refractivity contribution in [1.29, 1.82) is 0 Å². The smallest absolute Gasteiger partial charge is 0.309 e. The van der Waals surface area contributed by atoms with Gasteiger partial charge in [-0.3, -0.25) is 19.2 Å². The average molecular weight is 1000 g/mol. The summed E-state index contributed by atoms with van der Waals surface area (Å²) in [4.78, 5) is 61.1. The largest absolute Gasteiger partial charge is 0.458 e. The van der Waals surface area contributed by atoms with Crippen molar-refractivity contribution in [3.05, 3.63) is 43.3 Å². The molecule has 69 heavy (non-hydrogen) atoms. The van der Waals surface area contributed by atoms with Crippen LogP contribution in [0.25, 0.3) is 12.2 Å². The van der Waals surface area contributed by atoms with Crippen LogP contribution in [0.3, 0.4) is 0 Å². The summed E-state index contributed by atoms with van der Waals surface area (Å²) < 4.78 is 23.6. The van der Waals surface area contributed by atoms with Crippen LogP contribution >= 0.6 is 22.7 Å². The molecule has 4 fully saturated rings. The molecular weight excluding hydrogens is 921 g/mol. The van der Waals surface area contributed by atoms with E-state index in [0.717, 1.165) is 71.1 Å². The van der Waals surface area contributed by atoms with Crippen molar-refractivity contribution in [2.75, 3.05) is 0 Å². The molecule has 0 radical (unpaired) electrons. The van der Waals surface area contributed by atoms with Crippen molar-refractivity contribution in [3.63, 3.8) is 0 Å². The highest BCUT2D eigenvalue weighted by Crippen LogP contribution is 2.45. The van der Waals surface area contributed by atoms with Crippen LogP contribution in [0.4, 0.5) is 0 Å². The number of ether oxygens (including phenoxy) is 4. The fraction of sp³-hybridized carbons (Fsp3) is 0.736. The van der Waals surface area contributed by atoms with Gasteiger partial charge in [0.15, 0.2) is 0 Å². The number of carbonyl (C=O) groups excluding carboxylic acids is 4. The first-order valence-electron chi connectivity index (χ1n) is 24.9. The molecule has 16 heteroatoms. The number of hydrogen-bond donors (Lipinski definition) is 4. The second-order valence-electron chi connectivity index (χ2n) is 21.9. The molecule has 10 unspecified atom stereocenters. The van der Waals surface area contributed by atoms with E-state index in [1.807, 2.05) is 64.5 Å². The first-order chi connectivity index (χ1) is 32.1. The summed E-state index contributed by atoms with van der Waals surface area (Å²) in [6.45, 7) is 23.6. The summed E-state index contributed by atoms with van der Waals surface area (Å²) >= 11 is 3.12. The Kier molecular flexibility index (Phi) is 19.3. The number of nitrogens with zero attached hydrogens (tertiary/aromatic N) is 2. The number of fused-ring (bicyclic) bond motifs is 2. The molecule has 0 spiro atoms. The van der Waals surface area contributed by atoms with E-state index in [1.165, 1.54) is 0 Å². The lowest BCUT2D eigenvalue weighted by Crippen LogP contribution is -2.45. The number of aliphatic hydroxyl groups is 4. The van der Waals surface area contributed by atoms with Gasteiger partial charge in [0, 0.05) is 35.4 Å². The Bertz CT molecular complexity index is 2160. The minimum absolute atomic E-state index is 0.00770. The zero-order valence-electron chi connectivity index (χ0n) is 43.2. The van der Waals surface area contributed by atoms with Crippen molar-refractivity contribution in [1.82, 2.24) is 9.97 Å². The van der Waals surface area contributed by atoms with E-state index in [1.54, 1.807) is 64.2 Å². The van der Waals surface area contributed by atoms with Crippen molar-refractivity contribution < 1.29 is 58.6 Å². The van der Waals surface area contributed by atoms with E-state index in [0.29, 0.717) is 12.8 Å². The molecule has 0 aliphatic carbocycles. The summed E-state index contributed by atoms with van der Waals surface area (Å²) in [7, 11) is 0. The number of aryl methyl sites for hydroxylation is 2. The van der Waals surface area contributed by atoms with Gasteiger partial charge in [-0.1, -0.05) is 68.2 Å². The Hall–Kier alpha value is -3.22. The summed E-state index contributed by atoms with van der Waals surface area (Å²) in [5, 5.41) is 49.1. The lowest BCUT2D eigenvalue weighted by Gasteiger charge is -2.34. The molecule has 6 heterocycles. The number of epoxide rings is 2. The van der Waals surface area contributed by atoms with Gasteiger partial charge in [0.05, 0.1) is 93.4 Å². The number of Topliss-reactive ketones (excluding diaryl/α,β-unsaturated/α-hetero) is 2. The third kappa shape index (κ3) is 14.9. The van der Waals surface area contributed by atoms with E-state index < -0.39 is 71.2 Å². The van der Waals surface area contributed by atoms with Crippen molar-refractivity contribution in [2.24, 2.45) is 34.5 Å². The highest BCUT2D eigenvalue weighted by molar-refractivity contribution is 7.09. The van der Waals surface area contributed by atoms with Gasteiger partial charge in [-0.2, -0.15) is 0 Å². The number of thiazole rings is 2. The van der Waals surface area contributed by atoms with E-state index in [9.17, 15) is 39.6 Å². The number of hydrogen-bond acceptors (Lipinski definition) is 16. The van der Waals surface area contributed by atoms with E-state index in [4.69, 9.17) is 18.9 Å². The predicted molar refractivity (Wildman–Crippen MR) is 267 cm³/mol. The second kappa shape index (κ2) is 23.6. The van der Waals surface area contributed by atoms with E-state index >= 15 is 0 Å². The van der Waals surface area contributed by atoms with Gasteiger partial charge >= 0.3 is 11.9 Å². The molecule has 0 amide bonds. The third-order valence-electron chi connectivity index (χ3n) is 15.3. The molecule has 0 saturated carbocycles. The van der Waals surface area contributed by atoms with E-state index in [-0.39, 0.29) is 60.2 Å². The topological polar surface area (TPSA) is 218 Å². The molecule has 2 aromatic rings. The summed E-state index contributed by atoms with van der Waals surface area (Å²) in [5.41, 5.74) is 0.673. The van der Waals surface area contributed by atoms with Gasteiger partial charge in [0.25, 0.3) is 0 Å². The lowest BCUT2D eigenvalue weighted by atomic mass is 9.73. The van der Waals surface area contributed by atoms with Crippen LogP contribution in [-0.2, 0) is 38.1 Å². The fourth-order valence-corrected chi connectivity index (χ4v) is 11.0. The quantitative estimate of drug-likeness (QED) is 0.167. The maximum atomic E-state index is 13.2. The van der Waals surface area contributed by atoms with Gasteiger partial charge in [0.2, 0.25) is 0 Å². The van der Waals surface area contributed by atoms with Crippen LogP contribution in [0.1, 0.15) is 162 Å². The van der Waals surface area contributed by atoms with Gasteiger partial charge < -0.3 is 39.4 Å². The van der Waals surface area contributed by atoms with Crippen molar-refractivity contribution >= 4 is 58.3 Å². The maximum Gasteiger partial charge on any atom is 0.309 e. The highest BCUT2D eigenvalue weighted by Gasteiger charge is 2.53. The Morgan fingerprint density at radius 3 is 1.52 bits per heavy atom. The van der Waals surface area contributed by atoms with Crippen LogP contribution in [-0.4, -0.2) is 114 Å². The summed E-state index contributed by atoms with van der Waals surface area (Å²) in [5.74, 6) is -3.06. The maximum absolute atomic E-state index is 13.2. The third-order valence-corrected chi connectivity index (χ3v) is 16.9. The average Bonchev–Trinajstić information content (AvgIpc) is 4.04. The Balaban J connectivity index is 0.000000258. The number of ketones is 2. The van der Waals surface area contributed by atoms with Crippen LogP contribution < -0.4 is 0 Å². The molecule has 14 atom stereocenters. The number of esters is 2. The van der Waals surface area contributed by atoms with Crippen LogP contribution in [0.15, 0.2) is 21.9 Å². The fourth-order valence-electron chi connectivity index (χ4n) is 9.85. The molecule has 4 N–H and O–H groups in total. The Morgan fingerprint density at radius 1 is 0.652 bits per heavy atom. The van der Waals surface area contributed by atoms with Crippen LogP contribution in [0, 0.1) is 48.3 Å². The van der Waals surface area contributed by atoms with Gasteiger partial charge in [0.1, 0.15) is 23.8 Å². The standard InChI is InChI=1S/C27H41NO6S.C26H39NO6S/c1-15-9-8-10-27(7)22(34-27)12-20(16(2)11-19-14-35-18(4)28-19)33-23(30)13-21(29)26(5,6)25(32)17(3)24(15)31;1-14-8-7-9-19-21(32-19)11-20(15(2)10-18-13-34-17(4)27-18)33-23(29)12-22(28)26(5,6)25(31)16(3)24(14)30/h11,14-15,17,20-22,24,29,31H,8-10,12-13H2,1-7H3;10,13-14,16,19-22,24,28,30H,7-9,11-12H2,1-6H3/b16-11+;15-10+/t15?,17?,20?,21?,22-,24?,27+;14?,16?,19-,20?,21+,22?,24?/m01/s1. The Morgan fingerprint density at radius 2 is 1.09 bits per heavy atom. The molecule has 0 aromatic carbocycles. The zero-order chi connectivity index (χ0) is 51.3. The molecule has 2 aromatic heterocycles. The zero-order valence-corrected chi connectivity index (χ0v) is 44.8. The Labute approximate surface area is 417 Å². The van der Waals surface area contributed by atoms with Gasteiger partial charge in [-0.15, -0.1) is 22.7 Å². The minimum Gasteiger partial charge on any atom is -0.458 e. The summed E-state index contributed by atoms with van der Waals surface area (Å²) in [6, 6.07) is 0. The van der Waals surface area contributed by atoms with Gasteiger partial charge in [-0.05, 0) is 95.4 Å². The van der Waals surface area contributed by atoms with Crippen molar-refractivity contribution in [3.8, 4) is 0 Å². The van der Waals surface area contributed by atoms with Crippen molar-refractivity contribution in [2.45, 2.75) is 215 Å². The monoisotopic (exact) mass is 1000 g/mol. The predicted octanol–water partition coefficient (Wildman–Crippen LogP) is 8.56. The molecule has 14 nitrogen and oxygen atoms in total. The molecule has 0 bridgehead atoms. The number of cyclic esters (lactones) is 2. The minimum atomic E-state index is -1.23. The second-order valence-corrected chi connectivity index (χ2v) is 24.0. The summed E-state index contributed by atoms with van der Waals surface area (Å²) in [6.07, 6.45) is 4.27. The first-order valence-corrected chi connectivity index (χ1v) is 26.6. The number of carbonyl (C=O) groups is 4. The van der Waals surface area contributed by atoms with Crippen LogP contribution in [0.5, 0.6) is 0 Å².